The molecule has 1 aromatic heterocycles. The van der Waals surface area contributed by atoms with Crippen LogP contribution in [0, 0.1) is 6.92 Å². The second-order valence-corrected chi connectivity index (χ2v) is 2.85. The van der Waals surface area contributed by atoms with Gasteiger partial charge in [-0.25, -0.2) is 15.1 Å². The molecule has 0 aliphatic rings. The maximum absolute atomic E-state index is 11.4. The molecule has 0 bridgehead atoms. The van der Waals surface area contributed by atoms with E-state index in [1.54, 1.807) is 25.3 Å². The van der Waals surface area contributed by atoms with Gasteiger partial charge in [0, 0.05) is 6.20 Å². The zero-order chi connectivity index (χ0) is 11.3. The first-order chi connectivity index (χ1) is 7.19. The first kappa shape index (κ1) is 11.0. The van der Waals surface area contributed by atoms with E-state index < -0.39 is 0 Å². The van der Waals surface area contributed by atoms with Crippen LogP contribution in [0.4, 0.5) is 0 Å². The third-order valence-electron chi connectivity index (χ3n) is 1.67. The maximum Gasteiger partial charge on any atom is 0.275 e. The van der Waals surface area contributed by atoms with Gasteiger partial charge in [0.2, 0.25) is 0 Å². The van der Waals surface area contributed by atoms with E-state index in [9.17, 15) is 4.79 Å². The highest BCUT2D eigenvalue weighted by Gasteiger charge is 2.06. The molecule has 1 rings (SSSR count). The standard InChI is InChI=1S/C10H12N4O/c1-4-5-12-9(11-3)8-6-7(2)13-14-10(8)15/h4-6H,3H2,1-2H3,(H,14,15)/b5-4-,12-9-. The summed E-state index contributed by atoms with van der Waals surface area (Å²) in [6.07, 6.45) is 3.30. The highest BCUT2D eigenvalue weighted by Crippen LogP contribution is 1.98. The van der Waals surface area contributed by atoms with E-state index in [1.807, 2.05) is 6.92 Å². The van der Waals surface area contributed by atoms with Crippen LogP contribution in [-0.4, -0.2) is 22.8 Å². The van der Waals surface area contributed by atoms with E-state index in [0.29, 0.717) is 17.1 Å². The summed E-state index contributed by atoms with van der Waals surface area (Å²) in [7, 11) is 0. The maximum atomic E-state index is 11.4. The molecular weight excluding hydrogens is 192 g/mol. The molecule has 5 nitrogen and oxygen atoms in total. The third kappa shape index (κ3) is 2.70. The van der Waals surface area contributed by atoms with Crippen molar-refractivity contribution in [2.75, 3.05) is 0 Å². The van der Waals surface area contributed by atoms with Crippen molar-refractivity contribution in [1.82, 2.24) is 10.2 Å². The molecule has 0 unspecified atom stereocenters. The van der Waals surface area contributed by atoms with Gasteiger partial charge in [-0.2, -0.15) is 5.10 Å². The number of allylic oxidation sites excluding steroid dienone is 1. The van der Waals surface area contributed by atoms with Gasteiger partial charge < -0.3 is 0 Å². The molecule has 1 aromatic rings. The van der Waals surface area contributed by atoms with Crippen molar-refractivity contribution in [3.8, 4) is 0 Å². The van der Waals surface area contributed by atoms with E-state index in [4.69, 9.17) is 0 Å². The summed E-state index contributed by atoms with van der Waals surface area (Å²) >= 11 is 0. The number of hydrogen-bond acceptors (Lipinski definition) is 3. The second-order valence-electron chi connectivity index (χ2n) is 2.85. The molecule has 0 atom stereocenters. The van der Waals surface area contributed by atoms with E-state index in [-0.39, 0.29) is 5.56 Å². The average Bonchev–Trinajstić information content (AvgIpc) is 2.24. The lowest BCUT2D eigenvalue weighted by molar-refractivity contribution is 0.940. The molecule has 0 spiro atoms. The fourth-order valence-electron chi connectivity index (χ4n) is 1.01. The molecule has 0 saturated heterocycles. The van der Waals surface area contributed by atoms with E-state index in [1.165, 1.54) is 0 Å². The number of nitrogens with one attached hydrogen (secondary N) is 1. The van der Waals surface area contributed by atoms with Gasteiger partial charge in [0.05, 0.1) is 11.3 Å². The minimum Gasteiger partial charge on any atom is -0.267 e. The molecule has 0 amide bonds. The van der Waals surface area contributed by atoms with Crippen molar-refractivity contribution < 1.29 is 0 Å². The smallest absolute Gasteiger partial charge is 0.267 e. The van der Waals surface area contributed by atoms with Gasteiger partial charge in [-0.3, -0.25) is 4.79 Å². The Bertz CT molecular complexity index is 471. The van der Waals surface area contributed by atoms with Crippen molar-refractivity contribution in [2.45, 2.75) is 13.8 Å². The number of aliphatic imine (C=N–C) groups is 2. The van der Waals surface area contributed by atoms with Crippen LogP contribution in [0.1, 0.15) is 18.2 Å². The van der Waals surface area contributed by atoms with Crippen molar-refractivity contribution in [2.24, 2.45) is 9.98 Å². The van der Waals surface area contributed by atoms with Crippen LogP contribution >= 0.6 is 0 Å². The number of amidine groups is 1. The molecule has 0 aliphatic heterocycles. The van der Waals surface area contributed by atoms with Gasteiger partial charge in [-0.05, 0) is 26.6 Å². The third-order valence-corrected chi connectivity index (χ3v) is 1.67. The number of H-pyrrole nitrogens is 1. The van der Waals surface area contributed by atoms with Crippen LogP contribution in [0.5, 0.6) is 0 Å². The molecule has 0 aromatic carbocycles. The van der Waals surface area contributed by atoms with E-state index >= 15 is 0 Å². The Kier molecular flexibility index (Phi) is 3.68. The van der Waals surface area contributed by atoms with E-state index in [0.717, 1.165) is 0 Å². The largest absolute Gasteiger partial charge is 0.275 e. The fourth-order valence-corrected chi connectivity index (χ4v) is 1.01. The van der Waals surface area contributed by atoms with Crippen LogP contribution in [-0.2, 0) is 0 Å². The number of aromatic nitrogens is 2. The predicted octanol–water partition coefficient (Wildman–Crippen LogP) is 1.06. The molecule has 78 valence electrons. The Labute approximate surface area is 87.3 Å². The average molecular weight is 204 g/mol. The van der Waals surface area contributed by atoms with Crippen LogP contribution in [0.3, 0.4) is 0 Å². The van der Waals surface area contributed by atoms with Gasteiger partial charge >= 0.3 is 0 Å². The van der Waals surface area contributed by atoms with Crippen molar-refractivity contribution in [3.05, 3.63) is 40.0 Å². The highest BCUT2D eigenvalue weighted by atomic mass is 16.1. The number of nitrogens with zero attached hydrogens (tertiary/aromatic N) is 3. The number of aromatic amines is 1. The lowest BCUT2D eigenvalue weighted by Crippen LogP contribution is -2.18. The minimum atomic E-state index is -0.323. The Balaban J connectivity index is 3.29. The number of rotatable bonds is 2. The SMILES string of the molecule is C=N/C(=N\C=C/C)c1cc(C)n[nH]c1=O. The molecule has 5 heteroatoms. The van der Waals surface area contributed by atoms with Crippen LogP contribution in [0.25, 0.3) is 0 Å². The normalized spacial score (nSPS) is 12.0. The zero-order valence-corrected chi connectivity index (χ0v) is 8.69. The highest BCUT2D eigenvalue weighted by molar-refractivity contribution is 6.01. The van der Waals surface area contributed by atoms with Gasteiger partial charge in [0.1, 0.15) is 0 Å². The van der Waals surface area contributed by atoms with Crippen LogP contribution in [0.15, 0.2) is 33.1 Å². The molecule has 0 fully saturated rings. The quantitative estimate of drug-likeness (QED) is 0.578. The monoisotopic (exact) mass is 204 g/mol. The van der Waals surface area contributed by atoms with Gasteiger partial charge in [0.25, 0.3) is 5.56 Å². The Morgan fingerprint density at radius 2 is 2.40 bits per heavy atom. The fraction of sp³-hybridized carbons (Fsp3) is 0.200. The predicted molar refractivity (Wildman–Crippen MR) is 60.5 cm³/mol. The van der Waals surface area contributed by atoms with Crippen LogP contribution in [0.2, 0.25) is 0 Å². The van der Waals surface area contributed by atoms with Gasteiger partial charge in [0.15, 0.2) is 5.84 Å². The molecular formula is C10H12N4O. The minimum absolute atomic E-state index is 0.292. The van der Waals surface area contributed by atoms with Crippen LogP contribution < -0.4 is 5.56 Å². The van der Waals surface area contributed by atoms with E-state index in [2.05, 4.69) is 26.9 Å². The lowest BCUT2D eigenvalue weighted by atomic mass is 10.2. The molecule has 1 heterocycles. The summed E-state index contributed by atoms with van der Waals surface area (Å²) < 4.78 is 0. The summed E-state index contributed by atoms with van der Waals surface area (Å²) in [4.78, 5) is 19.1. The molecule has 0 radical (unpaired) electrons. The summed E-state index contributed by atoms with van der Waals surface area (Å²) in [5, 5.41) is 6.12. The summed E-state index contributed by atoms with van der Waals surface area (Å²) in [5.41, 5.74) is 0.744. The van der Waals surface area contributed by atoms with Gasteiger partial charge in [-0.15, -0.1) is 0 Å². The molecule has 0 aliphatic carbocycles. The molecule has 15 heavy (non-hydrogen) atoms. The Morgan fingerprint density at radius 1 is 1.67 bits per heavy atom. The number of hydrogen-bond donors (Lipinski definition) is 1. The first-order valence-electron chi connectivity index (χ1n) is 4.41. The van der Waals surface area contributed by atoms with Gasteiger partial charge in [-0.1, -0.05) is 6.08 Å². The van der Waals surface area contributed by atoms with Crippen molar-refractivity contribution >= 4 is 12.6 Å². The summed E-state index contributed by atoms with van der Waals surface area (Å²) in [6.45, 7) is 6.97. The lowest BCUT2D eigenvalue weighted by Gasteiger charge is -1.98. The second kappa shape index (κ2) is 4.99. The number of aryl methyl sites for hydroxylation is 1. The first-order valence-corrected chi connectivity index (χ1v) is 4.41. The summed E-state index contributed by atoms with van der Waals surface area (Å²) in [5.74, 6) is 0.292. The Morgan fingerprint density at radius 3 is 3.00 bits per heavy atom. The summed E-state index contributed by atoms with van der Waals surface area (Å²) in [6, 6.07) is 1.62. The van der Waals surface area contributed by atoms with Crippen molar-refractivity contribution in [3.63, 3.8) is 0 Å². The molecule has 0 saturated carbocycles. The zero-order valence-electron chi connectivity index (χ0n) is 8.69. The Hall–Kier alpha value is -2.04. The molecule has 1 N–H and O–H groups in total. The topological polar surface area (TPSA) is 70.5 Å². The van der Waals surface area contributed by atoms with Crippen molar-refractivity contribution in [1.29, 1.82) is 0 Å².